The van der Waals surface area contributed by atoms with E-state index in [1.807, 2.05) is 48.0 Å². The Kier molecular flexibility index (Phi) is 4.67. The number of carbonyl (C=O) groups is 1. The highest BCUT2D eigenvalue weighted by atomic mass is 28.4. The summed E-state index contributed by atoms with van der Waals surface area (Å²) in [5.41, 5.74) is 4.18. The van der Waals surface area contributed by atoms with Crippen LogP contribution in [0.25, 0.3) is 5.65 Å². The van der Waals surface area contributed by atoms with E-state index in [1.165, 1.54) is 0 Å². The number of rotatable bonds is 3. The van der Waals surface area contributed by atoms with Crippen LogP contribution in [0.1, 0.15) is 48.4 Å². The monoisotopic (exact) mass is 407 g/mol. The number of aromatic nitrogens is 2. The summed E-state index contributed by atoms with van der Waals surface area (Å²) in [5.74, 6) is 0.0283. The van der Waals surface area contributed by atoms with Crippen molar-refractivity contribution >= 4 is 25.4 Å². The van der Waals surface area contributed by atoms with Gasteiger partial charge in [-0.2, -0.15) is 0 Å². The van der Waals surface area contributed by atoms with Crippen LogP contribution in [-0.2, 0) is 4.43 Å². The fourth-order valence-electron chi connectivity index (χ4n) is 3.59. The van der Waals surface area contributed by atoms with Crippen LogP contribution in [-0.4, -0.2) is 29.6 Å². The molecule has 0 amide bonds. The number of nitrogens with one attached hydrogen (secondary N) is 1. The van der Waals surface area contributed by atoms with Crippen LogP contribution in [0.3, 0.4) is 0 Å². The van der Waals surface area contributed by atoms with Crippen molar-refractivity contribution < 1.29 is 9.22 Å². The number of imidazole rings is 1. The van der Waals surface area contributed by atoms with Gasteiger partial charge >= 0.3 is 0 Å². The predicted molar refractivity (Wildman–Crippen MR) is 119 cm³/mol. The van der Waals surface area contributed by atoms with E-state index in [1.54, 1.807) is 0 Å². The van der Waals surface area contributed by atoms with E-state index < -0.39 is 14.4 Å². The summed E-state index contributed by atoms with van der Waals surface area (Å²) in [4.78, 5) is 18.3. The Balaban J connectivity index is 1.85. The number of nitrogens with zero attached hydrogens (tertiary/aromatic N) is 2. The third kappa shape index (κ3) is 3.40. The van der Waals surface area contributed by atoms with Gasteiger partial charge in [0, 0.05) is 18.0 Å². The van der Waals surface area contributed by atoms with E-state index in [0.717, 1.165) is 22.6 Å². The van der Waals surface area contributed by atoms with Gasteiger partial charge in [0.25, 0.3) is 0 Å². The number of aryl methyl sites for hydroxylation is 1. The molecule has 0 saturated heterocycles. The second-order valence-corrected chi connectivity index (χ2v) is 14.2. The van der Waals surface area contributed by atoms with E-state index >= 15 is 0 Å². The summed E-state index contributed by atoms with van der Waals surface area (Å²) in [5, 5.41) is 3.63. The summed E-state index contributed by atoms with van der Waals surface area (Å²) in [7, 11) is -2.16. The van der Waals surface area contributed by atoms with Crippen molar-refractivity contribution in [3.8, 4) is 0 Å². The fourth-order valence-corrected chi connectivity index (χ4v) is 4.82. The summed E-state index contributed by atoms with van der Waals surface area (Å²) in [6, 6.07) is 11.7. The van der Waals surface area contributed by atoms with Crippen LogP contribution in [0.4, 0.5) is 5.69 Å². The second-order valence-electron chi connectivity index (χ2n) is 9.41. The SMILES string of the molecule is Cc1cn2ccc3c(c2n1)N[C@H](c1ccccc1)[C@@H](O[Si](C)(C)C(C)(C)C)C3=O. The van der Waals surface area contributed by atoms with Crippen molar-refractivity contribution in [3.63, 3.8) is 0 Å². The van der Waals surface area contributed by atoms with Gasteiger partial charge in [-0.1, -0.05) is 51.1 Å². The molecular formula is C23H29N3O2Si. The first-order chi connectivity index (χ1) is 13.6. The van der Waals surface area contributed by atoms with Crippen LogP contribution in [0.2, 0.25) is 18.1 Å². The third-order valence-electron chi connectivity index (χ3n) is 6.26. The van der Waals surface area contributed by atoms with Crippen molar-refractivity contribution in [2.75, 3.05) is 5.32 Å². The quantitative estimate of drug-likeness (QED) is 0.592. The van der Waals surface area contributed by atoms with Crippen LogP contribution < -0.4 is 5.32 Å². The molecule has 3 aromatic rings. The first-order valence-electron chi connectivity index (χ1n) is 10.1. The third-order valence-corrected chi connectivity index (χ3v) is 10.7. The number of pyridine rings is 1. The Morgan fingerprint density at radius 3 is 2.48 bits per heavy atom. The summed E-state index contributed by atoms with van der Waals surface area (Å²) >= 11 is 0. The largest absolute Gasteiger partial charge is 0.404 e. The minimum Gasteiger partial charge on any atom is -0.404 e. The molecule has 2 atom stereocenters. The molecule has 0 radical (unpaired) electrons. The van der Waals surface area contributed by atoms with Gasteiger partial charge in [-0.15, -0.1) is 0 Å². The molecule has 0 unspecified atom stereocenters. The van der Waals surface area contributed by atoms with E-state index in [4.69, 9.17) is 4.43 Å². The minimum absolute atomic E-state index is 0.0128. The van der Waals surface area contributed by atoms with Crippen molar-refractivity contribution in [1.29, 1.82) is 0 Å². The maximum atomic E-state index is 13.7. The number of anilines is 1. The lowest BCUT2D eigenvalue weighted by Gasteiger charge is -2.43. The topological polar surface area (TPSA) is 55.6 Å². The highest BCUT2D eigenvalue weighted by Crippen LogP contribution is 2.42. The Hall–Kier alpha value is -2.44. The molecule has 152 valence electrons. The molecule has 1 aliphatic heterocycles. The molecule has 0 aliphatic carbocycles. The van der Waals surface area contributed by atoms with Gasteiger partial charge in [0.2, 0.25) is 0 Å². The molecule has 0 bridgehead atoms. The van der Waals surface area contributed by atoms with Gasteiger partial charge in [0.05, 0.1) is 17.4 Å². The lowest BCUT2D eigenvalue weighted by atomic mass is 9.90. The Morgan fingerprint density at radius 1 is 1.14 bits per heavy atom. The molecule has 0 spiro atoms. The number of benzene rings is 1. The van der Waals surface area contributed by atoms with Gasteiger partial charge < -0.3 is 14.1 Å². The van der Waals surface area contributed by atoms with Gasteiger partial charge in [-0.25, -0.2) is 4.98 Å². The van der Waals surface area contributed by atoms with Crippen molar-refractivity contribution in [2.45, 2.75) is 58.0 Å². The molecule has 2 aromatic heterocycles. The zero-order valence-electron chi connectivity index (χ0n) is 18.0. The van der Waals surface area contributed by atoms with E-state index in [-0.39, 0.29) is 16.9 Å². The van der Waals surface area contributed by atoms with Crippen LogP contribution in [0.5, 0.6) is 0 Å². The van der Waals surface area contributed by atoms with Crippen LogP contribution in [0.15, 0.2) is 48.8 Å². The first-order valence-corrected chi connectivity index (χ1v) is 13.0. The Labute approximate surface area is 173 Å². The predicted octanol–water partition coefficient (Wildman–Crippen LogP) is 5.38. The number of fused-ring (bicyclic) bond motifs is 3. The summed E-state index contributed by atoms with van der Waals surface area (Å²) in [6.07, 6.45) is 3.31. The molecule has 5 nitrogen and oxygen atoms in total. The molecule has 0 saturated carbocycles. The molecule has 1 aromatic carbocycles. The Morgan fingerprint density at radius 2 is 1.83 bits per heavy atom. The normalized spacial score (nSPS) is 19.9. The molecular weight excluding hydrogens is 378 g/mol. The second kappa shape index (κ2) is 6.81. The molecule has 1 N–H and O–H groups in total. The zero-order chi connectivity index (χ0) is 21.0. The van der Waals surface area contributed by atoms with Gasteiger partial charge in [0.15, 0.2) is 19.7 Å². The number of hydrogen-bond donors (Lipinski definition) is 1. The van der Waals surface area contributed by atoms with Crippen molar-refractivity contribution in [3.05, 3.63) is 65.6 Å². The maximum absolute atomic E-state index is 13.7. The summed E-state index contributed by atoms with van der Waals surface area (Å²) in [6.45, 7) is 12.9. The van der Waals surface area contributed by atoms with E-state index in [0.29, 0.717) is 5.56 Å². The zero-order valence-corrected chi connectivity index (χ0v) is 19.0. The lowest BCUT2D eigenvalue weighted by molar-refractivity contribution is 0.0719. The van der Waals surface area contributed by atoms with E-state index in [9.17, 15) is 4.79 Å². The smallest absolute Gasteiger partial charge is 0.195 e. The van der Waals surface area contributed by atoms with E-state index in [2.05, 4.69) is 56.3 Å². The average molecular weight is 408 g/mol. The van der Waals surface area contributed by atoms with Crippen molar-refractivity contribution in [2.24, 2.45) is 0 Å². The van der Waals surface area contributed by atoms with Gasteiger partial charge in [0.1, 0.15) is 6.10 Å². The maximum Gasteiger partial charge on any atom is 0.195 e. The number of ketones is 1. The molecule has 4 rings (SSSR count). The highest BCUT2D eigenvalue weighted by molar-refractivity contribution is 6.74. The van der Waals surface area contributed by atoms with Crippen LogP contribution in [0, 0.1) is 6.92 Å². The van der Waals surface area contributed by atoms with Crippen LogP contribution >= 0.6 is 0 Å². The first kappa shape index (κ1) is 19.9. The van der Waals surface area contributed by atoms with Gasteiger partial charge in [-0.05, 0) is 36.7 Å². The lowest BCUT2D eigenvalue weighted by Crippen LogP contribution is -2.50. The minimum atomic E-state index is -2.16. The Bertz CT molecular complexity index is 1070. The van der Waals surface area contributed by atoms with Crippen molar-refractivity contribution in [1.82, 2.24) is 9.38 Å². The molecule has 1 aliphatic rings. The van der Waals surface area contributed by atoms with Gasteiger partial charge in [-0.3, -0.25) is 4.79 Å². The number of carbonyl (C=O) groups excluding carboxylic acids is 1. The summed E-state index contributed by atoms with van der Waals surface area (Å²) < 4.78 is 8.66. The molecule has 3 heterocycles. The average Bonchev–Trinajstić information content (AvgIpc) is 3.04. The number of hydrogen-bond acceptors (Lipinski definition) is 4. The molecule has 0 fully saturated rings. The highest BCUT2D eigenvalue weighted by Gasteiger charge is 2.46. The number of Topliss-reactive ketones (excluding diaryl/α,β-unsaturated/α-hetero) is 1. The fraction of sp³-hybridized carbons (Fsp3) is 0.391. The molecule has 6 heteroatoms. The standard InChI is InChI=1S/C23H29N3O2Si/c1-15-14-26-13-12-17-19(22(26)24-15)25-18(16-10-8-7-9-11-16)21(20(17)27)28-29(5,6)23(2,3)4/h7-14,18,21,25H,1-6H3/t18-,21-/m1/s1. The molecule has 29 heavy (non-hydrogen) atoms.